The highest BCUT2D eigenvalue weighted by Gasteiger charge is 2.34. The van der Waals surface area contributed by atoms with Gasteiger partial charge >= 0.3 is 12.0 Å². The van der Waals surface area contributed by atoms with Crippen LogP contribution in [0, 0.1) is 11.6 Å². The van der Waals surface area contributed by atoms with Gasteiger partial charge < -0.3 is 15.3 Å². The highest BCUT2D eigenvalue weighted by Crippen LogP contribution is 2.30. The Morgan fingerprint density at radius 2 is 2.00 bits per heavy atom. The Labute approximate surface area is 113 Å². The Balaban J connectivity index is 2.56. The summed E-state index contributed by atoms with van der Waals surface area (Å²) in [6, 6.07) is 1.48. The van der Waals surface area contributed by atoms with Crippen LogP contribution in [-0.4, -0.2) is 29.1 Å². The van der Waals surface area contributed by atoms with Gasteiger partial charge in [-0.15, -0.1) is 0 Å². The monoisotopic (exact) mass is 282 g/mol. The summed E-state index contributed by atoms with van der Waals surface area (Å²) >= 11 is 0. The van der Waals surface area contributed by atoms with Crippen LogP contribution >= 0.6 is 0 Å². The zero-order valence-corrected chi connectivity index (χ0v) is 10.8. The number of rotatable bonds is 2. The molecule has 0 saturated carbocycles. The Kier molecular flexibility index (Phi) is 3.44. The standard InChI is InChI=1S/C13H12F2N2O3/c1-6-10(12(18)19)11(16-13(20)17(6)2)7-3-4-8(14)9(15)5-7/h3-5,11H,1-2H3,(H,16,20)(H,18,19). The highest BCUT2D eigenvalue weighted by molar-refractivity contribution is 5.93. The van der Waals surface area contributed by atoms with Crippen molar-refractivity contribution in [2.24, 2.45) is 0 Å². The van der Waals surface area contributed by atoms with Gasteiger partial charge in [0, 0.05) is 12.7 Å². The van der Waals surface area contributed by atoms with Crippen molar-refractivity contribution in [3.63, 3.8) is 0 Å². The minimum Gasteiger partial charge on any atom is -0.478 e. The third-order valence-electron chi connectivity index (χ3n) is 3.26. The van der Waals surface area contributed by atoms with Gasteiger partial charge in [0.2, 0.25) is 0 Å². The first kappa shape index (κ1) is 14.0. The summed E-state index contributed by atoms with van der Waals surface area (Å²) in [4.78, 5) is 24.2. The predicted molar refractivity (Wildman–Crippen MR) is 65.7 cm³/mol. The molecule has 2 rings (SSSR count). The van der Waals surface area contributed by atoms with Crippen molar-refractivity contribution >= 4 is 12.0 Å². The van der Waals surface area contributed by atoms with E-state index in [9.17, 15) is 23.5 Å². The number of allylic oxidation sites excluding steroid dienone is 1. The molecule has 106 valence electrons. The van der Waals surface area contributed by atoms with Gasteiger partial charge in [0.25, 0.3) is 0 Å². The second-order valence-electron chi connectivity index (χ2n) is 4.42. The van der Waals surface area contributed by atoms with E-state index in [1.165, 1.54) is 20.0 Å². The van der Waals surface area contributed by atoms with Crippen LogP contribution in [0.25, 0.3) is 0 Å². The summed E-state index contributed by atoms with van der Waals surface area (Å²) in [5.41, 5.74) is 0.330. The number of nitrogens with zero attached hydrogens (tertiary/aromatic N) is 1. The summed E-state index contributed by atoms with van der Waals surface area (Å²) < 4.78 is 26.2. The molecule has 0 radical (unpaired) electrons. The predicted octanol–water partition coefficient (Wildman–Crippen LogP) is 2.02. The fourth-order valence-electron chi connectivity index (χ4n) is 2.05. The topological polar surface area (TPSA) is 69.6 Å². The number of hydrogen-bond acceptors (Lipinski definition) is 2. The second kappa shape index (κ2) is 4.92. The van der Waals surface area contributed by atoms with Crippen molar-refractivity contribution in [1.29, 1.82) is 0 Å². The number of halogens is 2. The van der Waals surface area contributed by atoms with E-state index in [4.69, 9.17) is 0 Å². The number of hydrogen-bond donors (Lipinski definition) is 2. The number of carbonyl (C=O) groups excluding carboxylic acids is 1. The average Bonchev–Trinajstić information content (AvgIpc) is 2.38. The van der Waals surface area contributed by atoms with E-state index >= 15 is 0 Å². The van der Waals surface area contributed by atoms with Gasteiger partial charge in [0.05, 0.1) is 11.6 Å². The molecule has 0 spiro atoms. The molecule has 1 unspecified atom stereocenters. The summed E-state index contributed by atoms with van der Waals surface area (Å²) in [7, 11) is 1.43. The molecule has 7 heteroatoms. The van der Waals surface area contributed by atoms with Crippen LogP contribution in [0.1, 0.15) is 18.5 Å². The molecule has 1 heterocycles. The Hall–Kier alpha value is -2.44. The van der Waals surface area contributed by atoms with Gasteiger partial charge in [0.15, 0.2) is 11.6 Å². The SMILES string of the molecule is CC1=C(C(=O)O)C(c2ccc(F)c(F)c2)NC(=O)N1C. The van der Waals surface area contributed by atoms with Gasteiger partial charge in [-0.05, 0) is 24.6 Å². The number of amides is 2. The maximum atomic E-state index is 13.3. The van der Waals surface area contributed by atoms with Crippen LogP contribution in [0.3, 0.4) is 0 Å². The Morgan fingerprint density at radius 3 is 2.55 bits per heavy atom. The van der Waals surface area contributed by atoms with Gasteiger partial charge in [-0.2, -0.15) is 0 Å². The lowest BCUT2D eigenvalue weighted by Crippen LogP contribution is -2.46. The molecule has 0 bridgehead atoms. The number of carboxylic acid groups (broad SMARTS) is 1. The lowest BCUT2D eigenvalue weighted by atomic mass is 9.95. The fourth-order valence-corrected chi connectivity index (χ4v) is 2.05. The first-order valence-corrected chi connectivity index (χ1v) is 5.76. The molecule has 1 aliphatic rings. The van der Waals surface area contributed by atoms with E-state index in [1.807, 2.05) is 0 Å². The molecule has 1 atom stereocenters. The molecule has 0 aromatic heterocycles. The molecule has 1 aromatic carbocycles. The zero-order chi connectivity index (χ0) is 15.0. The third kappa shape index (κ3) is 2.22. The largest absolute Gasteiger partial charge is 0.478 e. The van der Waals surface area contributed by atoms with E-state index in [2.05, 4.69) is 5.32 Å². The van der Waals surface area contributed by atoms with Crippen LogP contribution in [0.15, 0.2) is 29.5 Å². The number of urea groups is 1. The fraction of sp³-hybridized carbons (Fsp3) is 0.231. The van der Waals surface area contributed by atoms with Crippen LogP contribution in [0.2, 0.25) is 0 Å². The smallest absolute Gasteiger partial charge is 0.335 e. The second-order valence-corrected chi connectivity index (χ2v) is 4.42. The Bertz CT molecular complexity index is 628. The summed E-state index contributed by atoms with van der Waals surface area (Å²) in [6.45, 7) is 1.48. The zero-order valence-electron chi connectivity index (χ0n) is 10.8. The van der Waals surface area contributed by atoms with Gasteiger partial charge in [-0.3, -0.25) is 0 Å². The van der Waals surface area contributed by atoms with Crippen molar-refractivity contribution in [1.82, 2.24) is 10.2 Å². The maximum Gasteiger partial charge on any atom is 0.335 e. The first-order chi connectivity index (χ1) is 9.32. The van der Waals surface area contributed by atoms with Gasteiger partial charge in [0.1, 0.15) is 0 Å². The van der Waals surface area contributed by atoms with Gasteiger partial charge in [-0.25, -0.2) is 18.4 Å². The van der Waals surface area contributed by atoms with E-state index in [0.29, 0.717) is 0 Å². The van der Waals surface area contributed by atoms with E-state index in [-0.39, 0.29) is 16.8 Å². The Morgan fingerprint density at radius 1 is 1.35 bits per heavy atom. The van der Waals surface area contributed by atoms with Crippen LogP contribution in [0.4, 0.5) is 13.6 Å². The van der Waals surface area contributed by atoms with E-state index in [0.717, 1.165) is 17.0 Å². The molecule has 2 amide bonds. The summed E-state index contributed by atoms with van der Waals surface area (Å²) in [5.74, 6) is -3.37. The van der Waals surface area contributed by atoms with E-state index < -0.39 is 29.7 Å². The van der Waals surface area contributed by atoms with Crippen LogP contribution < -0.4 is 5.32 Å². The molecule has 0 saturated heterocycles. The van der Waals surface area contributed by atoms with Crippen molar-refractivity contribution in [3.05, 3.63) is 46.7 Å². The number of nitrogens with one attached hydrogen (secondary N) is 1. The molecule has 1 aliphatic heterocycles. The van der Waals surface area contributed by atoms with E-state index in [1.54, 1.807) is 0 Å². The van der Waals surface area contributed by atoms with Crippen molar-refractivity contribution < 1.29 is 23.5 Å². The van der Waals surface area contributed by atoms with Crippen LogP contribution in [0.5, 0.6) is 0 Å². The van der Waals surface area contributed by atoms with Crippen LogP contribution in [-0.2, 0) is 4.79 Å². The third-order valence-corrected chi connectivity index (χ3v) is 3.26. The minimum absolute atomic E-state index is 0.0851. The maximum absolute atomic E-state index is 13.3. The lowest BCUT2D eigenvalue weighted by molar-refractivity contribution is -0.133. The van der Waals surface area contributed by atoms with Crippen molar-refractivity contribution in [3.8, 4) is 0 Å². The quantitative estimate of drug-likeness (QED) is 0.872. The highest BCUT2D eigenvalue weighted by atomic mass is 19.2. The molecular formula is C13H12F2N2O3. The molecule has 0 aliphatic carbocycles. The number of carbonyl (C=O) groups is 2. The molecular weight excluding hydrogens is 270 g/mol. The van der Waals surface area contributed by atoms with Crippen molar-refractivity contribution in [2.75, 3.05) is 7.05 Å². The minimum atomic E-state index is -1.23. The normalized spacial score (nSPS) is 19.1. The summed E-state index contributed by atoms with van der Waals surface area (Å²) in [5, 5.41) is 11.7. The number of aliphatic carboxylic acids is 1. The first-order valence-electron chi connectivity index (χ1n) is 5.76. The summed E-state index contributed by atoms with van der Waals surface area (Å²) in [6.07, 6.45) is 0. The molecule has 0 fully saturated rings. The van der Waals surface area contributed by atoms with Gasteiger partial charge in [-0.1, -0.05) is 6.07 Å². The lowest BCUT2D eigenvalue weighted by Gasteiger charge is -2.32. The average molecular weight is 282 g/mol. The number of benzene rings is 1. The number of carboxylic acids is 1. The van der Waals surface area contributed by atoms with Crippen molar-refractivity contribution in [2.45, 2.75) is 13.0 Å². The molecule has 5 nitrogen and oxygen atoms in total. The molecule has 2 N–H and O–H groups in total. The molecule has 1 aromatic rings. The molecule has 20 heavy (non-hydrogen) atoms.